The standard InChI is InChI=1S/C38H50N6O4S/c1-5-31-32(12-13-33-35(31)26(2)36(47)44(33)30(24-45)11-14-34(39)46)40-19-15-28(16-20-40)41-21-22-42(37(41)48)29-10-8-9-27(23-29)25-49-43-18-7-6-17-38(43,3)4/h5,8-10,12-13,23-24,28,30H,6-7,11,14-22,25H2,1-4H3,(H2,39,46)/b31-5-. The molecule has 4 amide bonds. The molecule has 4 heterocycles. The molecule has 0 radical (unpaired) electrons. The number of benzene rings is 2. The minimum atomic E-state index is -0.756. The van der Waals surface area contributed by atoms with Gasteiger partial charge in [-0.3, -0.25) is 19.4 Å². The molecular weight excluding hydrogens is 637 g/mol. The van der Waals surface area contributed by atoms with E-state index in [-0.39, 0.29) is 36.4 Å². The van der Waals surface area contributed by atoms with Crippen molar-refractivity contribution in [2.24, 2.45) is 5.73 Å². The summed E-state index contributed by atoms with van der Waals surface area (Å²) in [4.78, 5) is 58.5. The van der Waals surface area contributed by atoms with E-state index in [1.165, 1.54) is 29.7 Å². The van der Waals surface area contributed by atoms with E-state index in [1.807, 2.05) is 42.0 Å². The summed E-state index contributed by atoms with van der Waals surface area (Å²) in [6.07, 6.45) is 8.46. The zero-order chi connectivity index (χ0) is 34.9. The Hall–Kier alpha value is -3.83. The number of carbonyl (C=O) groups excluding carboxylic acids is 4. The molecule has 0 bridgehead atoms. The van der Waals surface area contributed by atoms with Gasteiger partial charge in [-0.05, 0) is 89.6 Å². The van der Waals surface area contributed by atoms with Gasteiger partial charge in [-0.1, -0.05) is 36.6 Å². The van der Waals surface area contributed by atoms with Gasteiger partial charge in [-0.25, -0.2) is 9.10 Å². The van der Waals surface area contributed by atoms with E-state index in [2.05, 4.69) is 52.2 Å². The van der Waals surface area contributed by atoms with Crippen LogP contribution in [0.3, 0.4) is 0 Å². The number of urea groups is 1. The van der Waals surface area contributed by atoms with Crippen LogP contribution < -0.4 is 30.9 Å². The van der Waals surface area contributed by atoms with Crippen molar-refractivity contribution in [1.29, 1.82) is 0 Å². The van der Waals surface area contributed by atoms with Gasteiger partial charge in [0, 0.05) is 83.9 Å². The molecule has 0 aliphatic carbocycles. The fourth-order valence-electron chi connectivity index (χ4n) is 8.03. The molecule has 3 fully saturated rings. The summed E-state index contributed by atoms with van der Waals surface area (Å²) in [5.41, 5.74) is 10.1. The number of aldehydes is 1. The van der Waals surface area contributed by atoms with Crippen molar-refractivity contribution < 1.29 is 19.2 Å². The highest BCUT2D eigenvalue weighted by molar-refractivity contribution is 7.96. The van der Waals surface area contributed by atoms with Gasteiger partial charge in [-0.15, -0.1) is 0 Å². The summed E-state index contributed by atoms with van der Waals surface area (Å²) in [5.74, 6) is 0.181. The lowest BCUT2D eigenvalue weighted by Crippen LogP contribution is -2.48. The second-order valence-electron chi connectivity index (χ2n) is 14.4. The average molecular weight is 687 g/mol. The van der Waals surface area contributed by atoms with E-state index in [9.17, 15) is 19.2 Å². The predicted octanol–water partition coefficient (Wildman–Crippen LogP) is 4.16. The number of fused-ring (bicyclic) bond motifs is 1. The maximum Gasteiger partial charge on any atom is 0.324 e. The second-order valence-corrected chi connectivity index (χ2v) is 15.3. The molecule has 4 aliphatic heterocycles. The molecule has 4 aliphatic rings. The van der Waals surface area contributed by atoms with Crippen molar-refractivity contribution in [2.75, 3.05) is 47.4 Å². The lowest BCUT2D eigenvalue weighted by Gasteiger charge is -2.41. The summed E-state index contributed by atoms with van der Waals surface area (Å²) in [6.45, 7) is 12.6. The monoisotopic (exact) mass is 686 g/mol. The van der Waals surface area contributed by atoms with E-state index >= 15 is 0 Å². The molecule has 2 N–H and O–H groups in total. The lowest BCUT2D eigenvalue weighted by molar-refractivity contribution is -0.119. The number of hydrogen-bond acceptors (Lipinski definition) is 7. The van der Waals surface area contributed by atoms with E-state index in [4.69, 9.17) is 5.73 Å². The smallest absolute Gasteiger partial charge is 0.324 e. The largest absolute Gasteiger partial charge is 0.371 e. The van der Waals surface area contributed by atoms with Crippen molar-refractivity contribution in [3.05, 3.63) is 52.4 Å². The molecule has 1 unspecified atom stereocenters. The molecular formula is C38H50N6O4S. The molecule has 3 saturated heterocycles. The highest BCUT2D eigenvalue weighted by Crippen LogP contribution is 2.35. The minimum Gasteiger partial charge on any atom is -0.371 e. The van der Waals surface area contributed by atoms with Gasteiger partial charge in [0.2, 0.25) is 5.91 Å². The van der Waals surface area contributed by atoms with Crippen LogP contribution in [0.2, 0.25) is 0 Å². The fourth-order valence-corrected chi connectivity index (χ4v) is 9.21. The molecule has 0 spiro atoms. The van der Waals surface area contributed by atoms with Crippen LogP contribution >= 0.6 is 11.9 Å². The van der Waals surface area contributed by atoms with E-state index in [0.29, 0.717) is 17.8 Å². The minimum absolute atomic E-state index is 0.0294. The molecule has 2 aromatic carbocycles. The Bertz CT molecular complexity index is 1740. The van der Waals surface area contributed by atoms with Crippen LogP contribution in [0, 0.1) is 0 Å². The first kappa shape index (κ1) is 35.0. The number of piperidine rings is 2. The Labute approximate surface area is 294 Å². The van der Waals surface area contributed by atoms with Crippen molar-refractivity contribution in [3.63, 3.8) is 0 Å². The number of rotatable bonds is 11. The topological polar surface area (TPSA) is 110 Å². The summed E-state index contributed by atoms with van der Waals surface area (Å²) >= 11 is 1.91. The molecule has 262 valence electrons. The van der Waals surface area contributed by atoms with Gasteiger partial charge >= 0.3 is 6.03 Å². The van der Waals surface area contributed by atoms with Crippen LogP contribution in [0.5, 0.6) is 0 Å². The average Bonchev–Trinajstić information content (AvgIpc) is 3.60. The normalized spacial score (nSPS) is 21.1. The SMILES string of the molecule is C/C=c1/c(N2CCC(N3CCN(c4cccc(CSN5CCCCC5(C)C)c4)C3=O)CC2)ccc2c1=C(C)C(=O)N2C(C=O)CCC(N)=O. The van der Waals surface area contributed by atoms with E-state index < -0.39 is 11.9 Å². The molecule has 11 heteroatoms. The first-order chi connectivity index (χ1) is 23.5. The molecule has 0 aromatic heterocycles. The molecule has 1 atom stereocenters. The number of nitrogens with zero attached hydrogens (tertiary/aromatic N) is 5. The zero-order valence-corrected chi connectivity index (χ0v) is 30.1. The third-order valence-corrected chi connectivity index (χ3v) is 12.3. The first-order valence-electron chi connectivity index (χ1n) is 17.7. The zero-order valence-electron chi connectivity index (χ0n) is 29.3. The van der Waals surface area contributed by atoms with Gasteiger partial charge in [0.1, 0.15) is 6.29 Å². The third-order valence-electron chi connectivity index (χ3n) is 10.8. The fraction of sp³-hybridized carbons (Fsp3) is 0.526. The lowest BCUT2D eigenvalue weighted by atomic mass is 9.93. The maximum atomic E-state index is 13.8. The van der Waals surface area contributed by atoms with Crippen LogP contribution in [-0.4, -0.2) is 83.7 Å². The Morgan fingerprint density at radius 3 is 2.49 bits per heavy atom. The van der Waals surface area contributed by atoms with E-state index in [1.54, 1.807) is 6.92 Å². The molecule has 2 aromatic rings. The van der Waals surface area contributed by atoms with Crippen LogP contribution in [-0.2, 0) is 20.1 Å². The number of hydrogen-bond donors (Lipinski definition) is 1. The van der Waals surface area contributed by atoms with Crippen molar-refractivity contribution in [3.8, 4) is 0 Å². The predicted molar refractivity (Wildman–Crippen MR) is 198 cm³/mol. The number of amides is 4. The second kappa shape index (κ2) is 14.6. The first-order valence-corrected chi connectivity index (χ1v) is 18.7. The van der Waals surface area contributed by atoms with Crippen LogP contribution in [0.4, 0.5) is 21.9 Å². The number of carbonyl (C=O) groups is 4. The molecule has 6 rings (SSSR count). The van der Waals surface area contributed by atoms with Gasteiger partial charge in [0.05, 0.1) is 11.7 Å². The van der Waals surface area contributed by atoms with Crippen LogP contribution in [0.1, 0.15) is 78.2 Å². The summed E-state index contributed by atoms with van der Waals surface area (Å²) in [5, 5.41) is 1.80. The quantitative estimate of drug-likeness (QED) is 0.279. The van der Waals surface area contributed by atoms with Gasteiger partial charge in [-0.2, -0.15) is 0 Å². The molecule has 10 nitrogen and oxygen atoms in total. The Morgan fingerprint density at radius 1 is 1.04 bits per heavy atom. The number of primary amides is 1. The highest BCUT2D eigenvalue weighted by atomic mass is 32.2. The van der Waals surface area contributed by atoms with Crippen LogP contribution in [0.25, 0.3) is 11.6 Å². The molecule has 0 saturated carbocycles. The van der Waals surface area contributed by atoms with Crippen molar-refractivity contribution >= 4 is 64.8 Å². The van der Waals surface area contributed by atoms with Crippen LogP contribution in [0.15, 0.2) is 36.4 Å². The molecule has 49 heavy (non-hydrogen) atoms. The Kier molecular flexibility index (Phi) is 10.4. The maximum absolute atomic E-state index is 13.8. The van der Waals surface area contributed by atoms with E-state index in [0.717, 1.165) is 72.9 Å². The number of nitrogens with two attached hydrogens (primary N) is 1. The Morgan fingerprint density at radius 2 is 1.80 bits per heavy atom. The van der Waals surface area contributed by atoms with Crippen molar-refractivity contribution in [1.82, 2.24) is 9.21 Å². The van der Waals surface area contributed by atoms with Crippen molar-refractivity contribution in [2.45, 2.75) is 96.0 Å². The summed E-state index contributed by atoms with van der Waals surface area (Å²) in [7, 11) is 0. The summed E-state index contributed by atoms with van der Waals surface area (Å²) < 4.78 is 2.54. The Balaban J connectivity index is 1.11. The van der Waals surface area contributed by atoms with Gasteiger partial charge in [0.15, 0.2) is 0 Å². The highest BCUT2D eigenvalue weighted by Gasteiger charge is 2.38. The van der Waals surface area contributed by atoms with Gasteiger partial charge in [0.25, 0.3) is 5.91 Å². The third kappa shape index (κ3) is 6.97. The number of anilines is 3. The van der Waals surface area contributed by atoms with Gasteiger partial charge < -0.3 is 20.3 Å². The summed E-state index contributed by atoms with van der Waals surface area (Å²) in [6, 6.07) is 11.9.